The minimum atomic E-state index is -0.376. The number of rotatable bonds is 4. The van der Waals surface area contributed by atoms with Crippen molar-refractivity contribution in [3.05, 3.63) is 47.4 Å². The van der Waals surface area contributed by atoms with Gasteiger partial charge in [-0.15, -0.1) is 0 Å². The molecule has 26 heavy (non-hydrogen) atoms. The lowest BCUT2D eigenvalue weighted by Crippen LogP contribution is -2.15. The molecule has 1 aromatic carbocycles. The third-order valence-corrected chi connectivity index (χ3v) is 5.32. The molecule has 0 radical (unpaired) electrons. The second-order valence-electron chi connectivity index (χ2n) is 5.51. The number of nitrogens with zero attached hydrogens (tertiary/aromatic N) is 4. The zero-order valence-corrected chi connectivity index (χ0v) is 15.0. The first-order valence-electron chi connectivity index (χ1n) is 7.76. The Labute approximate surface area is 157 Å². The van der Waals surface area contributed by atoms with Crippen LogP contribution in [0.25, 0.3) is 11.2 Å². The number of carbonyl (C=O) groups is 1. The Morgan fingerprint density at radius 2 is 2.19 bits per heavy atom. The molecule has 3 heterocycles. The summed E-state index contributed by atoms with van der Waals surface area (Å²) < 4.78 is 12.9. The number of nitrogens with two attached hydrogens (primary N) is 1. The van der Waals surface area contributed by atoms with Crippen LogP contribution in [0.3, 0.4) is 0 Å². The zero-order chi connectivity index (χ0) is 18.1. The second kappa shape index (κ2) is 7.10. The number of fused-ring (bicyclic) bond motifs is 1. The molecule has 1 aliphatic heterocycles. The van der Waals surface area contributed by atoms with Crippen LogP contribution in [0.15, 0.2) is 36.7 Å². The number of thioether (sulfide) groups is 1. The topological polar surface area (TPSA) is 105 Å². The van der Waals surface area contributed by atoms with Crippen molar-refractivity contribution in [1.82, 2.24) is 19.5 Å². The highest BCUT2D eigenvalue weighted by atomic mass is 35.5. The molecule has 10 heteroatoms. The number of imidazole rings is 1. The minimum absolute atomic E-state index is 0.0780. The average Bonchev–Trinajstić information content (AvgIpc) is 3.27. The van der Waals surface area contributed by atoms with Gasteiger partial charge in [0.1, 0.15) is 22.9 Å². The number of nitrogen functional groups attached to an aromatic ring is 1. The molecule has 0 spiro atoms. The highest BCUT2D eigenvalue weighted by molar-refractivity contribution is 8.00. The van der Waals surface area contributed by atoms with Crippen molar-refractivity contribution in [2.45, 2.75) is 10.8 Å². The number of esters is 1. The molecule has 2 aromatic heterocycles. The van der Waals surface area contributed by atoms with Gasteiger partial charge in [0, 0.05) is 0 Å². The lowest BCUT2D eigenvalue weighted by Gasteiger charge is -2.11. The molecule has 1 fully saturated rings. The van der Waals surface area contributed by atoms with Crippen LogP contribution in [0.2, 0.25) is 5.15 Å². The van der Waals surface area contributed by atoms with Crippen molar-refractivity contribution in [3.8, 4) is 0 Å². The zero-order valence-electron chi connectivity index (χ0n) is 13.4. The van der Waals surface area contributed by atoms with E-state index in [1.165, 1.54) is 11.8 Å². The summed E-state index contributed by atoms with van der Waals surface area (Å²) in [5.74, 6) is -0.292. The highest BCUT2D eigenvalue weighted by Gasteiger charge is 2.30. The monoisotopic (exact) mass is 391 g/mol. The first kappa shape index (κ1) is 17.1. The van der Waals surface area contributed by atoms with Gasteiger partial charge in [-0.1, -0.05) is 41.6 Å². The number of aromatic nitrogens is 4. The molecule has 4 rings (SSSR count). The van der Waals surface area contributed by atoms with Gasteiger partial charge in [0.05, 0.1) is 18.5 Å². The summed E-state index contributed by atoms with van der Waals surface area (Å²) in [6, 6.07) is 8.83. The summed E-state index contributed by atoms with van der Waals surface area (Å²) >= 11 is 7.56. The van der Waals surface area contributed by atoms with E-state index in [4.69, 9.17) is 26.8 Å². The Balaban J connectivity index is 1.42. The number of hydrogen-bond donors (Lipinski definition) is 1. The van der Waals surface area contributed by atoms with Crippen LogP contribution in [0, 0.1) is 0 Å². The summed E-state index contributed by atoms with van der Waals surface area (Å²) in [5.41, 5.74) is 6.94. The summed E-state index contributed by atoms with van der Waals surface area (Å²) in [4.78, 5) is 24.4. The van der Waals surface area contributed by atoms with Gasteiger partial charge in [-0.3, -0.25) is 4.57 Å². The number of halogens is 1. The second-order valence-corrected chi connectivity index (χ2v) is 7.21. The van der Waals surface area contributed by atoms with Crippen LogP contribution in [0.1, 0.15) is 15.7 Å². The maximum Gasteiger partial charge on any atom is 0.338 e. The largest absolute Gasteiger partial charge is 0.458 e. The van der Waals surface area contributed by atoms with Gasteiger partial charge >= 0.3 is 5.97 Å². The summed E-state index contributed by atoms with van der Waals surface area (Å²) in [5, 5.41) is 0.134. The molecule has 0 saturated carbocycles. The van der Waals surface area contributed by atoms with Crippen LogP contribution in [-0.4, -0.2) is 44.1 Å². The summed E-state index contributed by atoms with van der Waals surface area (Å²) in [6.07, 6.45) is 1.63. The van der Waals surface area contributed by atoms with Crippen LogP contribution in [0.5, 0.6) is 0 Å². The predicted molar refractivity (Wildman–Crippen MR) is 97.8 cm³/mol. The van der Waals surface area contributed by atoms with Crippen LogP contribution < -0.4 is 5.73 Å². The molecule has 134 valence electrons. The average molecular weight is 392 g/mol. The standard InChI is InChI=1S/C16H14ClN5O3S/c17-13-12-14(21-16(18)20-13)22(8-19-12)10-6-24-11(26-10)7-25-15(23)9-4-2-1-3-5-9/h1-5,8,10-11H,6-7H2,(H2,18,20,21)/t10-,11+/m1/s1. The molecule has 8 nitrogen and oxygen atoms in total. The summed E-state index contributed by atoms with van der Waals surface area (Å²) in [7, 11) is 0. The third-order valence-electron chi connectivity index (χ3n) is 3.80. The van der Waals surface area contributed by atoms with Crippen molar-refractivity contribution >= 4 is 46.4 Å². The van der Waals surface area contributed by atoms with E-state index in [2.05, 4.69) is 15.0 Å². The fraction of sp³-hybridized carbons (Fsp3) is 0.250. The Bertz CT molecular complexity index is 952. The van der Waals surface area contributed by atoms with Crippen molar-refractivity contribution in [3.63, 3.8) is 0 Å². The first-order valence-corrected chi connectivity index (χ1v) is 9.08. The van der Waals surface area contributed by atoms with Crippen LogP contribution in [0.4, 0.5) is 5.95 Å². The molecule has 0 unspecified atom stereocenters. The maximum atomic E-state index is 12.0. The lowest BCUT2D eigenvalue weighted by molar-refractivity contribution is 0.0274. The molecule has 1 saturated heterocycles. The Morgan fingerprint density at radius 1 is 1.38 bits per heavy atom. The van der Waals surface area contributed by atoms with Crippen molar-refractivity contribution < 1.29 is 14.3 Å². The molecule has 0 amide bonds. The molecule has 2 N–H and O–H groups in total. The van der Waals surface area contributed by atoms with E-state index in [1.54, 1.807) is 30.6 Å². The first-order chi connectivity index (χ1) is 12.6. The van der Waals surface area contributed by atoms with Gasteiger partial charge < -0.3 is 15.2 Å². The van der Waals surface area contributed by atoms with Gasteiger partial charge in [-0.25, -0.2) is 9.78 Å². The van der Waals surface area contributed by atoms with Crippen molar-refractivity contribution in [1.29, 1.82) is 0 Å². The van der Waals surface area contributed by atoms with E-state index in [-0.39, 0.29) is 34.5 Å². The number of ether oxygens (including phenoxy) is 2. The van der Waals surface area contributed by atoms with Gasteiger partial charge in [0.15, 0.2) is 10.8 Å². The number of benzene rings is 1. The smallest absolute Gasteiger partial charge is 0.338 e. The molecular formula is C16H14ClN5O3S. The van der Waals surface area contributed by atoms with Crippen LogP contribution in [-0.2, 0) is 9.47 Å². The van der Waals surface area contributed by atoms with E-state index in [0.717, 1.165) is 0 Å². The van der Waals surface area contributed by atoms with Crippen molar-refractivity contribution in [2.24, 2.45) is 0 Å². The van der Waals surface area contributed by atoms with E-state index >= 15 is 0 Å². The van der Waals surface area contributed by atoms with Crippen LogP contribution >= 0.6 is 23.4 Å². The van der Waals surface area contributed by atoms with Gasteiger partial charge in [-0.2, -0.15) is 9.97 Å². The van der Waals surface area contributed by atoms with Gasteiger partial charge in [0.25, 0.3) is 0 Å². The minimum Gasteiger partial charge on any atom is -0.458 e. The molecule has 2 atom stereocenters. The fourth-order valence-electron chi connectivity index (χ4n) is 2.59. The SMILES string of the molecule is Nc1nc(Cl)c2ncn([C@H]3CO[C@H](COC(=O)c4ccccc4)S3)c2n1. The molecular weight excluding hydrogens is 378 g/mol. The normalized spacial score (nSPS) is 19.7. The Morgan fingerprint density at radius 3 is 3.00 bits per heavy atom. The fourth-order valence-corrected chi connectivity index (χ4v) is 3.90. The number of carbonyl (C=O) groups excluding carboxylic acids is 1. The molecule has 1 aliphatic rings. The summed E-state index contributed by atoms with van der Waals surface area (Å²) in [6.45, 7) is 0.574. The third kappa shape index (κ3) is 3.33. The van der Waals surface area contributed by atoms with E-state index in [1.807, 2.05) is 10.6 Å². The molecule has 3 aromatic rings. The number of anilines is 1. The predicted octanol–water partition coefficient (Wildman–Crippen LogP) is 2.51. The number of hydrogen-bond acceptors (Lipinski definition) is 8. The Hall–Kier alpha value is -2.36. The molecule has 0 bridgehead atoms. The quantitative estimate of drug-likeness (QED) is 0.534. The van der Waals surface area contributed by atoms with Gasteiger partial charge in [0.2, 0.25) is 5.95 Å². The Kier molecular flexibility index (Phi) is 4.66. The van der Waals surface area contributed by atoms with Gasteiger partial charge in [-0.05, 0) is 12.1 Å². The van der Waals surface area contributed by atoms with E-state index in [9.17, 15) is 4.79 Å². The van der Waals surface area contributed by atoms with E-state index < -0.39 is 0 Å². The molecule has 0 aliphatic carbocycles. The lowest BCUT2D eigenvalue weighted by atomic mass is 10.2. The maximum absolute atomic E-state index is 12.0. The van der Waals surface area contributed by atoms with Crippen molar-refractivity contribution in [2.75, 3.05) is 18.9 Å². The highest BCUT2D eigenvalue weighted by Crippen LogP contribution is 2.37. The van der Waals surface area contributed by atoms with E-state index in [0.29, 0.717) is 23.3 Å².